The van der Waals surface area contributed by atoms with Crippen LogP contribution in [0, 0.1) is 6.92 Å². The maximum Gasteiger partial charge on any atom is 0.227 e. The van der Waals surface area contributed by atoms with Gasteiger partial charge < -0.3 is 9.80 Å². The van der Waals surface area contributed by atoms with E-state index in [0.29, 0.717) is 11.4 Å². The van der Waals surface area contributed by atoms with Gasteiger partial charge in [0.1, 0.15) is 0 Å². The molecule has 3 nitrogen and oxygen atoms in total. The Kier molecular flexibility index (Phi) is 4.87. The molecule has 3 rings (SSSR count). The van der Waals surface area contributed by atoms with Crippen molar-refractivity contribution in [3.05, 3.63) is 64.7 Å². The van der Waals surface area contributed by atoms with E-state index < -0.39 is 0 Å². The average Bonchev–Trinajstić information content (AvgIpc) is 2.58. The first-order valence-corrected chi connectivity index (χ1v) is 8.33. The number of hydrogen-bond donors (Lipinski definition) is 0. The minimum absolute atomic E-state index is 0.191. The first kappa shape index (κ1) is 15.9. The van der Waals surface area contributed by atoms with Crippen molar-refractivity contribution in [3.8, 4) is 0 Å². The second-order valence-electron chi connectivity index (χ2n) is 6.01. The number of piperazine rings is 1. The van der Waals surface area contributed by atoms with E-state index in [9.17, 15) is 4.79 Å². The zero-order valence-electron chi connectivity index (χ0n) is 13.3. The number of nitrogens with zero attached hydrogens (tertiary/aromatic N) is 2. The van der Waals surface area contributed by atoms with E-state index in [1.807, 2.05) is 29.2 Å². The Labute approximate surface area is 142 Å². The lowest BCUT2D eigenvalue weighted by atomic mass is 10.1. The number of aryl methyl sites for hydroxylation is 1. The Bertz CT molecular complexity index is 659. The van der Waals surface area contributed by atoms with Gasteiger partial charge in [0, 0.05) is 36.9 Å². The van der Waals surface area contributed by atoms with E-state index in [4.69, 9.17) is 11.6 Å². The first-order valence-electron chi connectivity index (χ1n) is 7.96. The Morgan fingerprint density at radius 3 is 2.17 bits per heavy atom. The van der Waals surface area contributed by atoms with Gasteiger partial charge in [-0.2, -0.15) is 0 Å². The molecule has 2 aromatic rings. The number of anilines is 1. The fraction of sp³-hybridized carbons (Fsp3) is 0.316. The maximum absolute atomic E-state index is 12.4. The van der Waals surface area contributed by atoms with Gasteiger partial charge in [-0.15, -0.1) is 0 Å². The quantitative estimate of drug-likeness (QED) is 0.860. The second kappa shape index (κ2) is 7.05. The van der Waals surface area contributed by atoms with E-state index in [0.717, 1.165) is 31.7 Å². The molecule has 1 amide bonds. The van der Waals surface area contributed by atoms with Gasteiger partial charge in [-0.25, -0.2) is 0 Å². The minimum Gasteiger partial charge on any atom is -0.368 e. The predicted molar refractivity (Wildman–Crippen MR) is 95.1 cm³/mol. The second-order valence-corrected chi connectivity index (χ2v) is 6.44. The molecule has 1 fully saturated rings. The first-order chi connectivity index (χ1) is 11.1. The number of amides is 1. The molecule has 0 N–H and O–H groups in total. The number of carbonyl (C=O) groups is 1. The molecule has 0 radical (unpaired) electrons. The van der Waals surface area contributed by atoms with Crippen molar-refractivity contribution in [1.82, 2.24) is 4.90 Å². The molecule has 1 saturated heterocycles. The highest BCUT2D eigenvalue weighted by molar-refractivity contribution is 6.30. The molecular formula is C19H21ClN2O. The van der Waals surface area contributed by atoms with Gasteiger partial charge in [-0.05, 0) is 36.8 Å². The van der Waals surface area contributed by atoms with E-state index in [2.05, 4.69) is 36.1 Å². The van der Waals surface area contributed by atoms with Crippen LogP contribution in [0.15, 0.2) is 48.5 Å². The molecule has 1 aliphatic heterocycles. The topological polar surface area (TPSA) is 23.6 Å². The van der Waals surface area contributed by atoms with E-state index in [-0.39, 0.29) is 5.91 Å². The molecule has 0 bridgehead atoms. The third-order valence-electron chi connectivity index (χ3n) is 4.30. The molecule has 0 spiro atoms. The van der Waals surface area contributed by atoms with Gasteiger partial charge in [0.2, 0.25) is 5.91 Å². The summed E-state index contributed by atoms with van der Waals surface area (Å²) in [6.45, 7) is 5.42. The van der Waals surface area contributed by atoms with Gasteiger partial charge in [-0.1, -0.05) is 41.4 Å². The molecule has 4 heteroatoms. The highest BCUT2D eigenvalue weighted by atomic mass is 35.5. The lowest BCUT2D eigenvalue weighted by Crippen LogP contribution is -2.49. The van der Waals surface area contributed by atoms with Gasteiger partial charge in [0.05, 0.1) is 6.42 Å². The SMILES string of the molecule is Cc1ccc(N2CCN(C(=O)Cc3ccc(Cl)cc3)CC2)cc1. The summed E-state index contributed by atoms with van der Waals surface area (Å²) in [6.07, 6.45) is 0.446. The Hall–Kier alpha value is -2.00. The van der Waals surface area contributed by atoms with Crippen LogP contribution in [0.1, 0.15) is 11.1 Å². The van der Waals surface area contributed by atoms with Crippen molar-refractivity contribution in [1.29, 1.82) is 0 Å². The van der Waals surface area contributed by atoms with Crippen LogP contribution in [0.3, 0.4) is 0 Å². The standard InChI is InChI=1S/C19H21ClN2O/c1-15-2-8-18(9-3-15)21-10-12-22(13-11-21)19(23)14-16-4-6-17(20)7-5-16/h2-9H,10-14H2,1H3. The monoisotopic (exact) mass is 328 g/mol. The Morgan fingerprint density at radius 2 is 1.57 bits per heavy atom. The predicted octanol–water partition coefficient (Wildman–Crippen LogP) is 3.54. The summed E-state index contributed by atoms with van der Waals surface area (Å²) in [5, 5.41) is 0.702. The third-order valence-corrected chi connectivity index (χ3v) is 4.55. The number of carbonyl (C=O) groups excluding carboxylic acids is 1. The molecule has 2 aromatic carbocycles. The molecule has 120 valence electrons. The van der Waals surface area contributed by atoms with E-state index >= 15 is 0 Å². The van der Waals surface area contributed by atoms with Crippen LogP contribution in [-0.2, 0) is 11.2 Å². The van der Waals surface area contributed by atoms with Crippen LogP contribution in [0.25, 0.3) is 0 Å². The number of rotatable bonds is 3. The summed E-state index contributed by atoms with van der Waals surface area (Å²) in [5.41, 5.74) is 3.52. The minimum atomic E-state index is 0.191. The Morgan fingerprint density at radius 1 is 0.957 bits per heavy atom. The van der Waals surface area contributed by atoms with Crippen molar-refractivity contribution >= 4 is 23.2 Å². The van der Waals surface area contributed by atoms with Crippen LogP contribution >= 0.6 is 11.6 Å². The zero-order valence-corrected chi connectivity index (χ0v) is 14.1. The fourth-order valence-electron chi connectivity index (χ4n) is 2.86. The number of benzene rings is 2. The molecule has 0 atom stereocenters. The van der Waals surface area contributed by atoms with Crippen LogP contribution in [0.2, 0.25) is 5.02 Å². The summed E-state index contributed by atoms with van der Waals surface area (Å²) in [4.78, 5) is 16.7. The van der Waals surface area contributed by atoms with Crippen molar-refractivity contribution in [2.75, 3.05) is 31.1 Å². The van der Waals surface area contributed by atoms with E-state index in [1.54, 1.807) is 0 Å². The van der Waals surface area contributed by atoms with Crippen LogP contribution in [-0.4, -0.2) is 37.0 Å². The number of halogens is 1. The molecule has 1 heterocycles. The fourth-order valence-corrected chi connectivity index (χ4v) is 2.98. The van der Waals surface area contributed by atoms with Crippen LogP contribution in [0.5, 0.6) is 0 Å². The Balaban J connectivity index is 1.54. The smallest absolute Gasteiger partial charge is 0.227 e. The zero-order chi connectivity index (χ0) is 16.2. The largest absolute Gasteiger partial charge is 0.368 e. The summed E-state index contributed by atoms with van der Waals surface area (Å²) in [6, 6.07) is 16.1. The lowest BCUT2D eigenvalue weighted by molar-refractivity contribution is -0.130. The summed E-state index contributed by atoms with van der Waals surface area (Å²) in [7, 11) is 0. The molecule has 1 aliphatic rings. The molecule has 0 aliphatic carbocycles. The molecule has 0 saturated carbocycles. The maximum atomic E-state index is 12.4. The summed E-state index contributed by atoms with van der Waals surface area (Å²) in [5.74, 6) is 0.191. The van der Waals surface area contributed by atoms with Crippen molar-refractivity contribution in [2.24, 2.45) is 0 Å². The molecular weight excluding hydrogens is 308 g/mol. The molecule has 0 aromatic heterocycles. The third kappa shape index (κ3) is 4.05. The average molecular weight is 329 g/mol. The van der Waals surface area contributed by atoms with Gasteiger partial charge >= 0.3 is 0 Å². The van der Waals surface area contributed by atoms with Gasteiger partial charge in [0.15, 0.2) is 0 Å². The van der Waals surface area contributed by atoms with Crippen LogP contribution < -0.4 is 4.90 Å². The summed E-state index contributed by atoms with van der Waals surface area (Å²) < 4.78 is 0. The highest BCUT2D eigenvalue weighted by Crippen LogP contribution is 2.18. The van der Waals surface area contributed by atoms with Crippen LogP contribution in [0.4, 0.5) is 5.69 Å². The number of hydrogen-bond acceptors (Lipinski definition) is 2. The normalized spacial score (nSPS) is 14.9. The van der Waals surface area contributed by atoms with Crippen molar-refractivity contribution < 1.29 is 4.79 Å². The molecule has 23 heavy (non-hydrogen) atoms. The molecule has 0 unspecified atom stereocenters. The van der Waals surface area contributed by atoms with Gasteiger partial charge in [-0.3, -0.25) is 4.79 Å². The van der Waals surface area contributed by atoms with Gasteiger partial charge in [0.25, 0.3) is 0 Å². The van der Waals surface area contributed by atoms with Crippen molar-refractivity contribution in [2.45, 2.75) is 13.3 Å². The van der Waals surface area contributed by atoms with E-state index in [1.165, 1.54) is 11.3 Å². The summed E-state index contributed by atoms with van der Waals surface area (Å²) >= 11 is 5.88. The lowest BCUT2D eigenvalue weighted by Gasteiger charge is -2.36. The highest BCUT2D eigenvalue weighted by Gasteiger charge is 2.21. The van der Waals surface area contributed by atoms with Crippen molar-refractivity contribution in [3.63, 3.8) is 0 Å².